The maximum absolute atomic E-state index is 14.1. The van der Waals surface area contributed by atoms with Gasteiger partial charge in [0.15, 0.2) is 5.69 Å². The van der Waals surface area contributed by atoms with Gasteiger partial charge in [-0.25, -0.2) is 9.07 Å². The number of carbonyl (C=O) groups excluding carboxylic acids is 1. The number of aromatic nitrogens is 2. The molecule has 0 unspecified atom stereocenters. The van der Waals surface area contributed by atoms with Crippen molar-refractivity contribution in [2.24, 2.45) is 11.1 Å². The van der Waals surface area contributed by atoms with Crippen molar-refractivity contribution < 1.29 is 9.18 Å². The van der Waals surface area contributed by atoms with Gasteiger partial charge >= 0.3 is 0 Å². The number of aryl methyl sites for hydroxylation is 1. The summed E-state index contributed by atoms with van der Waals surface area (Å²) >= 11 is 0. The number of carbonyl (C=O) groups is 1. The molecule has 0 saturated heterocycles. The Hall–Kier alpha value is -2.54. The monoisotopic (exact) mass is 346 g/mol. The summed E-state index contributed by atoms with van der Waals surface area (Å²) in [5, 5.41) is 4.12. The molecule has 0 spiro atoms. The van der Waals surface area contributed by atoms with Crippen LogP contribution >= 0.6 is 0 Å². The van der Waals surface area contributed by atoms with Crippen LogP contribution in [0.3, 0.4) is 0 Å². The van der Waals surface area contributed by atoms with Gasteiger partial charge in [-0.05, 0) is 31.0 Å². The van der Waals surface area contributed by atoms with Crippen LogP contribution in [0.25, 0.3) is 5.69 Å². The molecule has 1 aromatic carbocycles. The van der Waals surface area contributed by atoms with E-state index in [0.29, 0.717) is 18.8 Å². The first-order valence-corrected chi connectivity index (χ1v) is 7.98. The molecule has 0 aliphatic carbocycles. The summed E-state index contributed by atoms with van der Waals surface area (Å²) < 4.78 is 15.3. The Kier molecular flexibility index (Phi) is 5.37. The maximum Gasteiger partial charge on any atom is 0.278 e. The zero-order chi connectivity index (χ0) is 18.8. The van der Waals surface area contributed by atoms with Gasteiger partial charge in [-0.3, -0.25) is 9.59 Å². The van der Waals surface area contributed by atoms with E-state index >= 15 is 0 Å². The minimum absolute atomic E-state index is 0.180. The topological polar surface area (TPSA) is 81.2 Å². The number of amides is 1. The number of rotatable bonds is 5. The second-order valence-corrected chi connectivity index (χ2v) is 6.89. The van der Waals surface area contributed by atoms with Crippen molar-refractivity contribution >= 4 is 5.91 Å². The Bertz CT molecular complexity index is 845. The smallest absolute Gasteiger partial charge is 0.278 e. The summed E-state index contributed by atoms with van der Waals surface area (Å²) in [7, 11) is 1.59. The molecule has 0 aliphatic rings. The third-order valence-corrected chi connectivity index (χ3v) is 3.96. The zero-order valence-corrected chi connectivity index (χ0v) is 14.9. The molecule has 2 rings (SSSR count). The first kappa shape index (κ1) is 18.8. The van der Waals surface area contributed by atoms with Gasteiger partial charge in [0.25, 0.3) is 5.91 Å². The summed E-state index contributed by atoms with van der Waals surface area (Å²) in [5.41, 5.74) is 5.29. The van der Waals surface area contributed by atoms with Gasteiger partial charge < -0.3 is 10.6 Å². The molecule has 2 N–H and O–H groups in total. The third kappa shape index (κ3) is 4.11. The van der Waals surface area contributed by atoms with Crippen molar-refractivity contribution in [2.75, 3.05) is 20.1 Å². The number of nitrogens with two attached hydrogens (primary N) is 1. The molecule has 0 bridgehead atoms. The van der Waals surface area contributed by atoms with Crippen LogP contribution in [0, 0.1) is 18.2 Å². The fourth-order valence-electron chi connectivity index (χ4n) is 2.52. The van der Waals surface area contributed by atoms with Crippen LogP contribution < -0.4 is 11.2 Å². The van der Waals surface area contributed by atoms with Gasteiger partial charge in [-0.1, -0.05) is 26.0 Å². The third-order valence-electron chi connectivity index (χ3n) is 3.96. The Morgan fingerprint density at radius 1 is 1.36 bits per heavy atom. The average Bonchev–Trinajstić information content (AvgIpc) is 2.55. The van der Waals surface area contributed by atoms with E-state index in [0.717, 1.165) is 0 Å². The summed E-state index contributed by atoms with van der Waals surface area (Å²) in [6.07, 6.45) is 0. The highest BCUT2D eigenvalue weighted by Gasteiger charge is 2.25. The molecule has 0 aliphatic heterocycles. The minimum Gasteiger partial charge on any atom is -0.340 e. The Morgan fingerprint density at radius 2 is 2.00 bits per heavy atom. The highest BCUT2D eigenvalue weighted by atomic mass is 19.1. The summed E-state index contributed by atoms with van der Waals surface area (Å²) in [6.45, 7) is 6.26. The van der Waals surface area contributed by atoms with Crippen LogP contribution in [0.15, 0.2) is 35.1 Å². The lowest BCUT2D eigenvalue weighted by atomic mass is 9.93. The number of benzene rings is 1. The second kappa shape index (κ2) is 7.14. The van der Waals surface area contributed by atoms with Crippen LogP contribution in [0.5, 0.6) is 0 Å². The van der Waals surface area contributed by atoms with Crippen LogP contribution in [-0.2, 0) is 0 Å². The Labute approximate surface area is 146 Å². The number of hydrogen-bond donors (Lipinski definition) is 1. The van der Waals surface area contributed by atoms with E-state index in [9.17, 15) is 14.0 Å². The molecule has 6 nitrogen and oxygen atoms in total. The maximum atomic E-state index is 14.1. The van der Waals surface area contributed by atoms with E-state index < -0.39 is 17.2 Å². The number of hydrogen-bond acceptors (Lipinski definition) is 4. The standard InChI is InChI=1S/C18H23FN4O2/c1-12-9-15(24)16(17(25)22(4)11-18(2,3)10-20)21-23(12)14-8-6-5-7-13(14)19/h5-9H,10-11,20H2,1-4H3. The van der Waals surface area contributed by atoms with Crippen molar-refractivity contribution in [3.63, 3.8) is 0 Å². The van der Waals surface area contributed by atoms with Crippen molar-refractivity contribution in [3.8, 4) is 5.69 Å². The fourth-order valence-corrected chi connectivity index (χ4v) is 2.52. The molecule has 0 saturated carbocycles. The first-order valence-electron chi connectivity index (χ1n) is 7.98. The molecule has 0 atom stereocenters. The van der Waals surface area contributed by atoms with Crippen LogP contribution in [0.2, 0.25) is 0 Å². The van der Waals surface area contributed by atoms with E-state index in [-0.39, 0.29) is 16.8 Å². The van der Waals surface area contributed by atoms with Crippen molar-refractivity contribution in [1.82, 2.24) is 14.7 Å². The molecule has 25 heavy (non-hydrogen) atoms. The van der Waals surface area contributed by atoms with E-state index in [1.165, 1.54) is 27.8 Å². The number of nitrogens with zero attached hydrogens (tertiary/aromatic N) is 3. The van der Waals surface area contributed by atoms with Gasteiger partial charge in [-0.15, -0.1) is 0 Å². The largest absolute Gasteiger partial charge is 0.340 e. The molecular formula is C18H23FN4O2. The Balaban J connectivity index is 2.46. The molecule has 0 radical (unpaired) electrons. The van der Waals surface area contributed by atoms with Gasteiger partial charge in [0.2, 0.25) is 5.43 Å². The fraction of sp³-hybridized carbons (Fsp3) is 0.389. The van der Waals surface area contributed by atoms with Crippen LogP contribution in [0.4, 0.5) is 4.39 Å². The van der Waals surface area contributed by atoms with Gasteiger partial charge in [-0.2, -0.15) is 5.10 Å². The summed E-state index contributed by atoms with van der Waals surface area (Å²) in [6, 6.07) is 7.34. The Morgan fingerprint density at radius 3 is 2.60 bits per heavy atom. The van der Waals surface area contributed by atoms with E-state index in [4.69, 9.17) is 5.73 Å². The molecule has 1 heterocycles. The highest BCUT2D eigenvalue weighted by molar-refractivity contribution is 5.91. The zero-order valence-electron chi connectivity index (χ0n) is 14.9. The van der Waals surface area contributed by atoms with Crippen LogP contribution in [0.1, 0.15) is 30.0 Å². The molecule has 1 amide bonds. The highest BCUT2D eigenvalue weighted by Crippen LogP contribution is 2.16. The average molecular weight is 346 g/mol. The lowest BCUT2D eigenvalue weighted by Gasteiger charge is -2.28. The van der Waals surface area contributed by atoms with E-state index in [1.54, 1.807) is 26.1 Å². The predicted octanol–water partition coefficient (Wildman–Crippen LogP) is 1.74. The molecular weight excluding hydrogens is 323 g/mol. The number of para-hydroxylation sites is 1. The lowest BCUT2D eigenvalue weighted by molar-refractivity contribution is 0.0731. The molecule has 134 valence electrons. The van der Waals surface area contributed by atoms with E-state index in [2.05, 4.69) is 5.10 Å². The predicted molar refractivity (Wildman–Crippen MR) is 94.3 cm³/mol. The van der Waals surface area contributed by atoms with Crippen molar-refractivity contribution in [3.05, 3.63) is 57.8 Å². The molecule has 7 heteroatoms. The van der Waals surface area contributed by atoms with Crippen LogP contribution in [-0.4, -0.2) is 40.7 Å². The second-order valence-electron chi connectivity index (χ2n) is 6.89. The summed E-state index contributed by atoms with van der Waals surface area (Å²) in [5.74, 6) is -1.01. The van der Waals surface area contributed by atoms with Crippen molar-refractivity contribution in [2.45, 2.75) is 20.8 Å². The molecule has 2 aromatic rings. The molecule has 1 aromatic heterocycles. The summed E-state index contributed by atoms with van der Waals surface area (Å²) in [4.78, 5) is 26.3. The van der Waals surface area contributed by atoms with Crippen molar-refractivity contribution in [1.29, 1.82) is 0 Å². The number of halogens is 1. The lowest BCUT2D eigenvalue weighted by Crippen LogP contribution is -2.41. The SMILES string of the molecule is Cc1cc(=O)c(C(=O)N(C)CC(C)(C)CN)nn1-c1ccccc1F. The quantitative estimate of drug-likeness (QED) is 0.894. The van der Waals surface area contributed by atoms with Gasteiger partial charge in [0, 0.05) is 25.4 Å². The van der Waals surface area contributed by atoms with E-state index in [1.807, 2.05) is 13.8 Å². The van der Waals surface area contributed by atoms with Gasteiger partial charge in [0.1, 0.15) is 11.5 Å². The minimum atomic E-state index is -0.517. The molecule has 0 fully saturated rings. The van der Waals surface area contributed by atoms with Gasteiger partial charge in [0.05, 0.1) is 0 Å². The first-order chi connectivity index (χ1) is 11.7. The normalized spacial score (nSPS) is 11.4.